The largest absolute Gasteiger partial charge is 0.435 e. The topological polar surface area (TPSA) is 67.3 Å². The molecular formula is C17H18F2N4O2. The molecule has 1 aromatic carbocycles. The van der Waals surface area contributed by atoms with Gasteiger partial charge in [0.1, 0.15) is 23.6 Å². The molecule has 0 radical (unpaired) electrons. The molecule has 0 aliphatic carbocycles. The average molecular weight is 348 g/mol. The lowest BCUT2D eigenvalue weighted by Gasteiger charge is -2.27. The second kappa shape index (κ2) is 7.87. The summed E-state index contributed by atoms with van der Waals surface area (Å²) in [6, 6.07) is 7.47. The van der Waals surface area contributed by atoms with Gasteiger partial charge >= 0.3 is 6.61 Å². The quantitative estimate of drug-likeness (QED) is 0.898. The highest BCUT2D eigenvalue weighted by Crippen LogP contribution is 2.21. The minimum Gasteiger partial charge on any atom is -0.435 e. The van der Waals surface area contributed by atoms with E-state index < -0.39 is 12.5 Å². The van der Waals surface area contributed by atoms with Gasteiger partial charge in [-0.05, 0) is 31.4 Å². The number of carbonyl (C=O) groups is 1. The van der Waals surface area contributed by atoms with Crippen LogP contribution in [0.2, 0.25) is 0 Å². The molecule has 6 nitrogen and oxygen atoms in total. The summed E-state index contributed by atoms with van der Waals surface area (Å²) in [5.74, 6) is 0.258. The number of aromatic nitrogens is 2. The summed E-state index contributed by atoms with van der Waals surface area (Å²) in [6.07, 6.45) is 4.76. The molecule has 1 amide bonds. The number of hydrogen-bond donors (Lipinski definition) is 1. The van der Waals surface area contributed by atoms with Gasteiger partial charge < -0.3 is 15.0 Å². The monoisotopic (exact) mass is 348 g/mol. The smallest absolute Gasteiger partial charge is 0.387 e. The summed E-state index contributed by atoms with van der Waals surface area (Å²) in [5.41, 5.74) is 0.567. The number of nitrogens with zero attached hydrogens (tertiary/aromatic N) is 3. The number of piperidine rings is 1. The molecule has 1 aliphatic heterocycles. The highest BCUT2D eigenvalue weighted by Gasteiger charge is 2.15. The van der Waals surface area contributed by atoms with Crippen LogP contribution in [0, 0.1) is 0 Å². The molecular weight excluding hydrogens is 330 g/mol. The summed E-state index contributed by atoms with van der Waals surface area (Å²) in [6.45, 7) is -1.10. The number of halogens is 2. The zero-order valence-electron chi connectivity index (χ0n) is 13.5. The first-order valence-electron chi connectivity index (χ1n) is 8.05. The molecule has 1 aromatic heterocycles. The molecule has 1 aliphatic rings. The van der Waals surface area contributed by atoms with Crippen LogP contribution in [-0.2, 0) is 0 Å². The van der Waals surface area contributed by atoms with E-state index in [0.29, 0.717) is 5.69 Å². The van der Waals surface area contributed by atoms with E-state index in [-0.39, 0.29) is 11.4 Å². The molecule has 3 rings (SSSR count). The van der Waals surface area contributed by atoms with Crippen LogP contribution in [0.15, 0.2) is 36.7 Å². The van der Waals surface area contributed by atoms with Gasteiger partial charge in [-0.25, -0.2) is 9.97 Å². The minimum absolute atomic E-state index is 0.0236. The third kappa shape index (κ3) is 4.62. The van der Waals surface area contributed by atoms with Gasteiger partial charge in [0.15, 0.2) is 0 Å². The maximum Gasteiger partial charge on any atom is 0.387 e. The lowest BCUT2D eigenvalue weighted by atomic mass is 10.1. The van der Waals surface area contributed by atoms with Crippen molar-refractivity contribution in [2.45, 2.75) is 25.9 Å². The Kier molecular flexibility index (Phi) is 5.37. The molecule has 1 saturated heterocycles. The van der Waals surface area contributed by atoms with Crippen molar-refractivity contribution < 1.29 is 18.3 Å². The van der Waals surface area contributed by atoms with E-state index in [4.69, 9.17) is 0 Å². The van der Waals surface area contributed by atoms with Crippen LogP contribution in [0.3, 0.4) is 0 Å². The third-order valence-electron chi connectivity index (χ3n) is 3.88. The number of rotatable bonds is 5. The Hall–Kier alpha value is -2.77. The maximum atomic E-state index is 12.4. The highest BCUT2D eigenvalue weighted by molar-refractivity contribution is 6.03. The SMILES string of the molecule is O=C(Nc1cccc(OC(F)F)c1)c1cc(N2CCCCC2)ncn1. The number of amides is 1. The van der Waals surface area contributed by atoms with E-state index in [0.717, 1.165) is 31.7 Å². The number of alkyl halides is 2. The summed E-state index contributed by atoms with van der Waals surface area (Å²) in [5, 5.41) is 2.63. The van der Waals surface area contributed by atoms with Crippen molar-refractivity contribution in [3.8, 4) is 5.75 Å². The Morgan fingerprint density at radius 1 is 1.16 bits per heavy atom. The minimum atomic E-state index is -2.92. The fraction of sp³-hybridized carbons (Fsp3) is 0.353. The Bertz CT molecular complexity index is 736. The van der Waals surface area contributed by atoms with Crippen molar-refractivity contribution in [2.24, 2.45) is 0 Å². The molecule has 0 saturated carbocycles. The van der Waals surface area contributed by atoms with Crippen LogP contribution in [-0.4, -0.2) is 35.6 Å². The fourth-order valence-electron chi connectivity index (χ4n) is 2.71. The number of ether oxygens (including phenoxy) is 1. The molecule has 0 atom stereocenters. The highest BCUT2D eigenvalue weighted by atomic mass is 19.3. The molecule has 8 heteroatoms. The zero-order chi connectivity index (χ0) is 17.6. The van der Waals surface area contributed by atoms with Crippen molar-refractivity contribution >= 4 is 17.4 Å². The van der Waals surface area contributed by atoms with E-state index in [2.05, 4.69) is 24.9 Å². The van der Waals surface area contributed by atoms with Crippen molar-refractivity contribution in [1.82, 2.24) is 9.97 Å². The van der Waals surface area contributed by atoms with Crippen LogP contribution in [0.25, 0.3) is 0 Å². The molecule has 1 N–H and O–H groups in total. The Labute approximate surface area is 143 Å². The lowest BCUT2D eigenvalue weighted by molar-refractivity contribution is -0.0497. The van der Waals surface area contributed by atoms with Gasteiger partial charge in [0.25, 0.3) is 5.91 Å². The summed E-state index contributed by atoms with van der Waals surface area (Å²) >= 11 is 0. The summed E-state index contributed by atoms with van der Waals surface area (Å²) in [4.78, 5) is 22.7. The van der Waals surface area contributed by atoms with E-state index >= 15 is 0 Å². The molecule has 0 bridgehead atoms. The third-order valence-corrected chi connectivity index (χ3v) is 3.88. The van der Waals surface area contributed by atoms with Crippen LogP contribution < -0.4 is 15.0 Å². The van der Waals surface area contributed by atoms with E-state index in [1.54, 1.807) is 12.1 Å². The summed E-state index contributed by atoms with van der Waals surface area (Å²) < 4.78 is 28.9. The van der Waals surface area contributed by atoms with Crippen molar-refractivity contribution in [3.05, 3.63) is 42.4 Å². The van der Waals surface area contributed by atoms with Gasteiger partial charge in [-0.3, -0.25) is 4.79 Å². The van der Waals surface area contributed by atoms with Crippen LogP contribution in [0.4, 0.5) is 20.3 Å². The first kappa shape index (κ1) is 17.1. The average Bonchev–Trinajstić information content (AvgIpc) is 2.62. The Morgan fingerprint density at radius 2 is 1.96 bits per heavy atom. The van der Waals surface area contributed by atoms with Crippen molar-refractivity contribution in [1.29, 1.82) is 0 Å². The van der Waals surface area contributed by atoms with Gasteiger partial charge in [-0.2, -0.15) is 8.78 Å². The standard InChI is InChI=1S/C17H18F2N4O2/c18-17(19)25-13-6-4-5-12(9-13)22-16(24)14-10-15(21-11-20-14)23-7-2-1-3-8-23/h4-6,9-11,17H,1-3,7-8H2,(H,22,24). The molecule has 1 fully saturated rings. The first-order valence-corrected chi connectivity index (χ1v) is 8.05. The van der Waals surface area contributed by atoms with Crippen molar-refractivity contribution in [2.75, 3.05) is 23.3 Å². The molecule has 2 heterocycles. The van der Waals surface area contributed by atoms with Gasteiger partial charge in [0.05, 0.1) is 0 Å². The predicted octanol–water partition coefficient (Wildman–Crippen LogP) is 3.32. The van der Waals surface area contributed by atoms with E-state index in [1.165, 1.54) is 30.9 Å². The predicted molar refractivity (Wildman–Crippen MR) is 89.1 cm³/mol. The Balaban J connectivity index is 1.71. The molecule has 2 aromatic rings. The Morgan fingerprint density at radius 3 is 2.72 bits per heavy atom. The molecule has 0 spiro atoms. The zero-order valence-corrected chi connectivity index (χ0v) is 13.5. The fourth-order valence-corrected chi connectivity index (χ4v) is 2.71. The van der Waals surface area contributed by atoms with Gasteiger partial charge in [-0.15, -0.1) is 0 Å². The maximum absolute atomic E-state index is 12.4. The normalized spacial score (nSPS) is 14.4. The second-order valence-electron chi connectivity index (χ2n) is 5.67. The molecule has 132 valence electrons. The first-order chi connectivity index (χ1) is 12.1. The van der Waals surface area contributed by atoms with Gasteiger partial charge in [0.2, 0.25) is 0 Å². The molecule has 25 heavy (non-hydrogen) atoms. The molecule has 0 unspecified atom stereocenters. The van der Waals surface area contributed by atoms with E-state index in [9.17, 15) is 13.6 Å². The number of carbonyl (C=O) groups excluding carboxylic acids is 1. The van der Waals surface area contributed by atoms with Gasteiger partial charge in [-0.1, -0.05) is 6.07 Å². The second-order valence-corrected chi connectivity index (χ2v) is 5.67. The summed E-state index contributed by atoms with van der Waals surface area (Å²) in [7, 11) is 0. The van der Waals surface area contributed by atoms with Crippen molar-refractivity contribution in [3.63, 3.8) is 0 Å². The number of benzene rings is 1. The lowest BCUT2D eigenvalue weighted by Crippen LogP contribution is -2.30. The van der Waals surface area contributed by atoms with Crippen LogP contribution >= 0.6 is 0 Å². The number of hydrogen-bond acceptors (Lipinski definition) is 5. The van der Waals surface area contributed by atoms with Gasteiger partial charge in [0, 0.05) is 30.9 Å². The van der Waals surface area contributed by atoms with E-state index in [1.807, 2.05) is 0 Å². The number of nitrogens with one attached hydrogen (secondary N) is 1. The van der Waals surface area contributed by atoms with Crippen LogP contribution in [0.1, 0.15) is 29.8 Å². The van der Waals surface area contributed by atoms with Crippen LogP contribution in [0.5, 0.6) is 5.75 Å². The number of anilines is 2.